The molecular weight excluding hydrogens is 260 g/mol. The number of para-hydroxylation sites is 1. The zero-order valence-corrected chi connectivity index (χ0v) is 13.7. The minimum Gasteiger partial charge on any atom is -0.507 e. The highest BCUT2D eigenvalue weighted by Gasteiger charge is 2.11. The molecule has 0 atom stereocenters. The van der Waals surface area contributed by atoms with E-state index in [0.717, 1.165) is 18.4 Å². The predicted octanol–water partition coefficient (Wildman–Crippen LogP) is 5.80. The topological polar surface area (TPSA) is 37.3 Å². The van der Waals surface area contributed by atoms with E-state index in [1.54, 1.807) is 6.07 Å². The molecule has 1 N–H and O–H groups in total. The first kappa shape index (κ1) is 17.7. The van der Waals surface area contributed by atoms with Crippen molar-refractivity contribution in [3.8, 4) is 5.75 Å². The average molecular weight is 290 g/mol. The fraction of sp³-hybridized carbons (Fsp3) is 0.632. The molecule has 0 saturated heterocycles. The highest BCUT2D eigenvalue weighted by Crippen LogP contribution is 2.23. The van der Waals surface area contributed by atoms with Gasteiger partial charge >= 0.3 is 0 Å². The van der Waals surface area contributed by atoms with Crippen LogP contribution >= 0.6 is 0 Å². The molecule has 0 aliphatic heterocycles. The Morgan fingerprint density at radius 1 is 0.952 bits per heavy atom. The Bertz CT molecular complexity index is 424. The van der Waals surface area contributed by atoms with Crippen molar-refractivity contribution in [2.75, 3.05) is 0 Å². The van der Waals surface area contributed by atoms with Gasteiger partial charge in [-0.05, 0) is 25.0 Å². The molecule has 0 fully saturated rings. The summed E-state index contributed by atoms with van der Waals surface area (Å²) in [4.78, 5) is 12.1. The summed E-state index contributed by atoms with van der Waals surface area (Å²) in [7, 11) is 0. The van der Waals surface area contributed by atoms with Crippen molar-refractivity contribution in [3.63, 3.8) is 0 Å². The van der Waals surface area contributed by atoms with Gasteiger partial charge in [0.25, 0.3) is 0 Å². The maximum atomic E-state index is 12.1. The van der Waals surface area contributed by atoms with Crippen LogP contribution in [0.2, 0.25) is 0 Å². The molecule has 0 bridgehead atoms. The van der Waals surface area contributed by atoms with Crippen LogP contribution in [0.5, 0.6) is 5.75 Å². The molecule has 2 heteroatoms. The van der Waals surface area contributed by atoms with E-state index in [2.05, 4.69) is 6.92 Å². The summed E-state index contributed by atoms with van der Waals surface area (Å²) in [5.41, 5.74) is 1.25. The van der Waals surface area contributed by atoms with Crippen molar-refractivity contribution in [2.45, 2.75) is 78.1 Å². The Kier molecular flexibility index (Phi) is 8.80. The van der Waals surface area contributed by atoms with E-state index in [4.69, 9.17) is 0 Å². The molecule has 2 nitrogen and oxygen atoms in total. The summed E-state index contributed by atoms with van der Waals surface area (Å²) in [6, 6.07) is 5.38. The number of carbonyl (C=O) groups excluding carboxylic acids is 1. The Morgan fingerprint density at radius 3 is 2.14 bits per heavy atom. The molecule has 21 heavy (non-hydrogen) atoms. The third-order valence-electron chi connectivity index (χ3n) is 4.05. The van der Waals surface area contributed by atoms with Crippen LogP contribution in [0, 0.1) is 6.92 Å². The van der Waals surface area contributed by atoms with Gasteiger partial charge in [0.2, 0.25) is 0 Å². The molecule has 118 valence electrons. The van der Waals surface area contributed by atoms with Crippen molar-refractivity contribution >= 4 is 5.78 Å². The Balaban J connectivity index is 2.13. The van der Waals surface area contributed by atoms with Gasteiger partial charge in [0.05, 0.1) is 5.56 Å². The van der Waals surface area contributed by atoms with Crippen molar-refractivity contribution in [3.05, 3.63) is 29.3 Å². The molecule has 0 unspecified atom stereocenters. The van der Waals surface area contributed by atoms with Gasteiger partial charge in [-0.25, -0.2) is 0 Å². The molecule has 0 heterocycles. The number of carbonyl (C=O) groups is 1. The number of hydrogen-bond acceptors (Lipinski definition) is 2. The summed E-state index contributed by atoms with van der Waals surface area (Å²) >= 11 is 0. The number of benzene rings is 1. The second-order valence-corrected chi connectivity index (χ2v) is 5.97. The second-order valence-electron chi connectivity index (χ2n) is 5.97. The van der Waals surface area contributed by atoms with Gasteiger partial charge in [-0.15, -0.1) is 0 Å². The van der Waals surface area contributed by atoms with Gasteiger partial charge in [-0.2, -0.15) is 0 Å². The number of aromatic hydroxyl groups is 1. The Hall–Kier alpha value is -1.31. The first-order chi connectivity index (χ1) is 10.2. The summed E-state index contributed by atoms with van der Waals surface area (Å²) in [5.74, 6) is 0.220. The van der Waals surface area contributed by atoms with E-state index in [-0.39, 0.29) is 11.5 Å². The van der Waals surface area contributed by atoms with Crippen LogP contribution in [0.3, 0.4) is 0 Å². The normalized spacial score (nSPS) is 10.8. The van der Waals surface area contributed by atoms with Gasteiger partial charge in [-0.3, -0.25) is 4.79 Å². The lowest BCUT2D eigenvalue weighted by Gasteiger charge is -2.06. The molecule has 0 aliphatic carbocycles. The van der Waals surface area contributed by atoms with Crippen LogP contribution in [0.15, 0.2) is 18.2 Å². The van der Waals surface area contributed by atoms with Crippen LogP contribution in [0.25, 0.3) is 0 Å². The van der Waals surface area contributed by atoms with Crippen LogP contribution in [-0.4, -0.2) is 10.9 Å². The number of unbranched alkanes of at least 4 members (excludes halogenated alkanes) is 8. The first-order valence-electron chi connectivity index (χ1n) is 8.48. The number of ketones is 1. The monoisotopic (exact) mass is 290 g/mol. The van der Waals surface area contributed by atoms with Gasteiger partial charge in [0.15, 0.2) is 5.78 Å². The molecule has 0 saturated carbocycles. The van der Waals surface area contributed by atoms with Crippen molar-refractivity contribution in [1.29, 1.82) is 0 Å². The molecule has 0 aromatic heterocycles. The molecule has 1 aromatic rings. The van der Waals surface area contributed by atoms with E-state index in [0.29, 0.717) is 12.0 Å². The molecule has 0 spiro atoms. The lowest BCUT2D eigenvalue weighted by atomic mass is 10.0. The van der Waals surface area contributed by atoms with Crippen LogP contribution < -0.4 is 0 Å². The summed E-state index contributed by atoms with van der Waals surface area (Å²) in [6.45, 7) is 4.06. The summed E-state index contributed by atoms with van der Waals surface area (Å²) < 4.78 is 0. The predicted molar refractivity (Wildman–Crippen MR) is 89.0 cm³/mol. The zero-order chi connectivity index (χ0) is 15.5. The maximum Gasteiger partial charge on any atom is 0.166 e. The maximum absolute atomic E-state index is 12.1. The molecule has 1 aromatic carbocycles. The van der Waals surface area contributed by atoms with Gasteiger partial charge in [0.1, 0.15) is 5.75 Å². The number of rotatable bonds is 11. The lowest BCUT2D eigenvalue weighted by molar-refractivity contribution is 0.0976. The van der Waals surface area contributed by atoms with E-state index >= 15 is 0 Å². The molecule has 0 amide bonds. The first-order valence-corrected chi connectivity index (χ1v) is 8.48. The third kappa shape index (κ3) is 6.79. The zero-order valence-electron chi connectivity index (χ0n) is 13.7. The number of hydrogen-bond donors (Lipinski definition) is 1. The van der Waals surface area contributed by atoms with Gasteiger partial charge in [-0.1, -0.05) is 70.4 Å². The fourth-order valence-electron chi connectivity index (χ4n) is 2.61. The second kappa shape index (κ2) is 10.4. The SMILES string of the molecule is CCCCCCCCCCCC(=O)c1cccc(C)c1O. The molecule has 0 radical (unpaired) electrons. The van der Waals surface area contributed by atoms with Crippen LogP contribution in [0.4, 0.5) is 0 Å². The number of aryl methyl sites for hydroxylation is 1. The highest BCUT2D eigenvalue weighted by molar-refractivity contribution is 5.98. The lowest BCUT2D eigenvalue weighted by Crippen LogP contribution is -2.00. The van der Waals surface area contributed by atoms with Gasteiger partial charge in [0, 0.05) is 6.42 Å². The number of Topliss-reactive ketones (excluding diaryl/α,β-unsaturated/α-hetero) is 1. The average Bonchev–Trinajstić information content (AvgIpc) is 2.48. The summed E-state index contributed by atoms with van der Waals surface area (Å²) in [6.07, 6.45) is 11.8. The van der Waals surface area contributed by atoms with E-state index in [1.807, 2.05) is 19.1 Å². The summed E-state index contributed by atoms with van der Waals surface area (Å²) in [5, 5.41) is 9.89. The highest BCUT2D eigenvalue weighted by atomic mass is 16.3. The fourth-order valence-corrected chi connectivity index (χ4v) is 2.61. The van der Waals surface area contributed by atoms with E-state index < -0.39 is 0 Å². The Labute approximate surface area is 129 Å². The number of phenolic OH excluding ortho intramolecular Hbond substituents is 1. The van der Waals surface area contributed by atoms with Crippen molar-refractivity contribution < 1.29 is 9.90 Å². The Morgan fingerprint density at radius 2 is 1.52 bits per heavy atom. The van der Waals surface area contributed by atoms with Gasteiger partial charge < -0.3 is 5.11 Å². The van der Waals surface area contributed by atoms with Crippen molar-refractivity contribution in [1.82, 2.24) is 0 Å². The third-order valence-corrected chi connectivity index (χ3v) is 4.05. The van der Waals surface area contributed by atoms with Crippen LogP contribution in [0.1, 0.15) is 87.1 Å². The molecular formula is C19H30O2. The standard InChI is InChI=1S/C19H30O2/c1-3-4-5-6-7-8-9-10-11-15-18(20)17-14-12-13-16(2)19(17)21/h12-14,21H,3-11,15H2,1-2H3. The molecule has 0 aliphatic rings. The quantitative estimate of drug-likeness (QED) is 0.413. The smallest absolute Gasteiger partial charge is 0.166 e. The molecule has 1 rings (SSSR count). The van der Waals surface area contributed by atoms with Crippen LogP contribution in [-0.2, 0) is 0 Å². The van der Waals surface area contributed by atoms with E-state index in [9.17, 15) is 9.90 Å². The largest absolute Gasteiger partial charge is 0.507 e. The number of phenols is 1. The minimum atomic E-state index is 0.0687. The van der Waals surface area contributed by atoms with E-state index in [1.165, 1.54) is 44.9 Å². The minimum absolute atomic E-state index is 0.0687. The van der Waals surface area contributed by atoms with Crippen molar-refractivity contribution in [2.24, 2.45) is 0 Å².